The predicted octanol–water partition coefficient (Wildman–Crippen LogP) is 0.460. The number of likely N-dealkylation sites (N-methyl/N-ethyl adjacent to an activating group) is 2. The second kappa shape index (κ2) is 16.8. The maximum Gasteiger partial charge on any atom is 3.00 e. The molecule has 9 nitrogen and oxygen atoms in total. The molecule has 1 N–H and O–H groups in total. The largest absolute Gasteiger partial charge is 3.00 e. The summed E-state index contributed by atoms with van der Waals surface area (Å²) in [6, 6.07) is 6.15. The van der Waals surface area contributed by atoms with E-state index in [4.69, 9.17) is 18.1 Å². The molecular weight excluding hydrogens is 535 g/mol. The van der Waals surface area contributed by atoms with Crippen molar-refractivity contribution in [2.45, 2.75) is 49.9 Å². The van der Waals surface area contributed by atoms with Gasteiger partial charge in [-0.25, -0.2) is 8.42 Å². The van der Waals surface area contributed by atoms with Crippen LogP contribution < -0.4 is 5.11 Å². The van der Waals surface area contributed by atoms with Gasteiger partial charge in [-0.3, -0.25) is 9.88 Å². The van der Waals surface area contributed by atoms with Gasteiger partial charge in [0.1, 0.15) is 0 Å². The van der Waals surface area contributed by atoms with Gasteiger partial charge in [0.05, 0.1) is 5.69 Å². The summed E-state index contributed by atoms with van der Waals surface area (Å²) < 4.78 is 58.9. The van der Waals surface area contributed by atoms with Crippen LogP contribution in [0, 0.1) is 0 Å². The van der Waals surface area contributed by atoms with Gasteiger partial charge in [-0.2, -0.15) is 13.2 Å². The van der Waals surface area contributed by atoms with Crippen molar-refractivity contribution in [1.82, 2.24) is 19.7 Å². The summed E-state index contributed by atoms with van der Waals surface area (Å²) in [5, 5.41) is 19.5. The summed E-state index contributed by atoms with van der Waals surface area (Å²) in [5.41, 5.74) is -4.48. The van der Waals surface area contributed by atoms with E-state index < -0.39 is 27.8 Å². The van der Waals surface area contributed by atoms with E-state index >= 15 is 0 Å². The van der Waals surface area contributed by atoms with E-state index in [0.29, 0.717) is 12.8 Å². The van der Waals surface area contributed by atoms with Gasteiger partial charge in [0.2, 0.25) is 0 Å². The number of hydrogen-bond acceptors (Lipinski definition) is 9. The van der Waals surface area contributed by atoms with Crippen LogP contribution in [0.5, 0.6) is 0 Å². The van der Waals surface area contributed by atoms with Crippen LogP contribution in [0.1, 0.15) is 31.4 Å². The number of alkyl halides is 3. The Labute approximate surface area is 216 Å². The van der Waals surface area contributed by atoms with Crippen molar-refractivity contribution in [3.05, 3.63) is 30.1 Å². The molecule has 2 unspecified atom stereocenters. The van der Waals surface area contributed by atoms with Crippen molar-refractivity contribution in [3.63, 3.8) is 0 Å². The van der Waals surface area contributed by atoms with Crippen molar-refractivity contribution in [2.75, 3.05) is 53.4 Å². The van der Waals surface area contributed by atoms with Gasteiger partial charge in [-0.1, -0.05) is 31.4 Å². The molecule has 1 saturated carbocycles. The van der Waals surface area contributed by atoms with Gasteiger partial charge in [-0.05, 0) is 32.6 Å². The molecule has 3 rings (SSSR count). The van der Waals surface area contributed by atoms with Crippen molar-refractivity contribution in [2.24, 2.45) is 0 Å². The van der Waals surface area contributed by atoms with E-state index in [1.807, 2.05) is 12.3 Å². The maximum atomic E-state index is 10.7. The molecule has 2 fully saturated rings. The first-order valence-electron chi connectivity index (χ1n) is 11.1. The van der Waals surface area contributed by atoms with Crippen LogP contribution in [0.15, 0.2) is 24.4 Å². The molecule has 1 aliphatic heterocycles. The first kappa shape index (κ1) is 34.2. The molecule has 1 radical (unpaired) electrons. The molecule has 35 heavy (non-hydrogen) atoms. The molecule has 14 heteroatoms. The normalized spacial score (nSPS) is 23.2. The van der Waals surface area contributed by atoms with Crippen molar-refractivity contribution in [3.8, 4) is 0 Å². The number of aromatic nitrogens is 1. The van der Waals surface area contributed by atoms with Crippen molar-refractivity contribution < 1.29 is 53.4 Å². The number of aliphatic hydroxyl groups is 1. The van der Waals surface area contributed by atoms with Gasteiger partial charge in [0, 0.05) is 58.1 Å². The Balaban J connectivity index is 0.000000569. The minimum atomic E-state index is -6.09. The number of aliphatic hydroxyl groups excluding tert-OH is 1. The van der Waals surface area contributed by atoms with Gasteiger partial charge in [0.25, 0.3) is 0 Å². The van der Waals surface area contributed by atoms with Crippen molar-refractivity contribution in [1.29, 1.82) is 0 Å². The summed E-state index contributed by atoms with van der Waals surface area (Å²) in [4.78, 5) is 11.7. The first-order chi connectivity index (χ1) is 15.8. The zero-order chi connectivity index (χ0) is 25.8. The van der Waals surface area contributed by atoms with E-state index in [-0.39, 0.29) is 17.1 Å². The number of rotatable bonds is 2. The van der Waals surface area contributed by atoms with Crippen LogP contribution in [0.4, 0.5) is 13.2 Å². The molecule has 2 heterocycles. The van der Waals surface area contributed by atoms with Gasteiger partial charge in [0.15, 0.2) is 10.1 Å². The molecule has 0 amide bonds. The standard InChI is InChI=1S/C14H24N4.C6H11O2.CHF3O3S.Fe/c1-16-7-8-17(2)10-12-18(11-9-16)13-14-5-3-4-6-15-14;7-5-3-1-2-4-6(5)8;2-1(3,4)8(5,6)7;/h3-6H,7-13H2,1-2H3;5-7H,1-4H2;(H,5,6,7);/q;-1;;+3/p-1/i;7+2;;. The smallest absolute Gasteiger partial charge is 0.850 e. The molecule has 1 aromatic heterocycles. The summed E-state index contributed by atoms with van der Waals surface area (Å²) in [6.45, 7) is 7.81. The molecule has 0 bridgehead atoms. The molecule has 1 aromatic rings. The van der Waals surface area contributed by atoms with Crippen LogP contribution >= 0.6 is 0 Å². The minimum Gasteiger partial charge on any atom is -0.850 e. The van der Waals surface area contributed by atoms with E-state index in [0.717, 1.165) is 58.7 Å². The van der Waals surface area contributed by atoms with Gasteiger partial charge in [-0.15, -0.1) is 0 Å². The fraction of sp³-hybridized carbons (Fsp3) is 0.762. The molecule has 0 spiro atoms. The third-order valence-electron chi connectivity index (χ3n) is 5.52. The number of halogens is 3. The first-order valence-corrected chi connectivity index (χ1v) is 12.6. The average Bonchev–Trinajstić information content (AvgIpc) is 2.83. The second-order valence-corrected chi connectivity index (χ2v) is 9.87. The Morgan fingerprint density at radius 3 is 1.89 bits per heavy atom. The fourth-order valence-corrected chi connectivity index (χ4v) is 3.26. The Morgan fingerprint density at radius 2 is 1.51 bits per heavy atom. The molecule has 1 saturated heterocycles. The number of hydrogen-bond donors (Lipinski definition) is 1. The zero-order valence-corrected chi connectivity index (χ0v) is 21.9. The SMILES string of the molecule is CN1CCN(C)CCN(Cc2ccccn2)CC1.O=S(=O)([O-])C(F)(F)F.[Fe+3].[O-]C1CCCCC1[18OH]. The molecule has 2 atom stereocenters. The van der Waals surface area contributed by atoms with Crippen molar-refractivity contribution >= 4 is 10.1 Å². The van der Waals surface area contributed by atoms with Gasteiger partial charge >= 0.3 is 22.6 Å². The Hall–Kier alpha value is -0.831. The monoisotopic (exact) mass is 570 g/mol. The van der Waals surface area contributed by atoms with E-state index in [2.05, 4.69) is 45.9 Å². The van der Waals surface area contributed by atoms with Crippen LogP contribution in [0.25, 0.3) is 0 Å². The van der Waals surface area contributed by atoms with Crippen LogP contribution in [0.2, 0.25) is 0 Å². The molecule has 0 aromatic carbocycles. The molecule has 203 valence electrons. The Bertz CT molecular complexity index is 769. The minimum absolute atomic E-state index is 0. The molecule has 1 aliphatic carbocycles. The third kappa shape index (κ3) is 15.1. The topological polar surface area (TPSA) is 123 Å². The quantitative estimate of drug-likeness (QED) is 0.234. The number of nitrogens with zero attached hydrogens (tertiary/aromatic N) is 4. The molecular formula is C21H35F3FeN4O5S+. The second-order valence-electron chi connectivity index (χ2n) is 8.49. The fourth-order valence-electron chi connectivity index (χ4n) is 3.26. The van der Waals surface area contributed by atoms with E-state index in [9.17, 15) is 18.3 Å². The summed E-state index contributed by atoms with van der Waals surface area (Å²) in [5.74, 6) is 0. The van der Waals surface area contributed by atoms with Crippen LogP contribution in [0.3, 0.4) is 0 Å². The summed E-state index contributed by atoms with van der Waals surface area (Å²) >= 11 is 0. The third-order valence-corrected chi connectivity index (χ3v) is 6.09. The summed E-state index contributed by atoms with van der Waals surface area (Å²) in [7, 11) is -1.68. The van der Waals surface area contributed by atoms with Gasteiger partial charge < -0.3 is 24.6 Å². The average molecular weight is 570 g/mol. The van der Waals surface area contributed by atoms with Crippen LogP contribution in [-0.4, -0.2) is 109 Å². The Kier molecular flexibility index (Phi) is 16.4. The van der Waals surface area contributed by atoms with E-state index in [1.165, 1.54) is 5.69 Å². The Morgan fingerprint density at radius 1 is 1.03 bits per heavy atom. The maximum absolute atomic E-state index is 10.7. The van der Waals surface area contributed by atoms with Crippen LogP contribution in [-0.2, 0) is 33.7 Å². The predicted molar refractivity (Wildman–Crippen MR) is 119 cm³/mol. The number of pyridine rings is 1. The van der Waals surface area contributed by atoms with E-state index in [1.54, 1.807) is 0 Å². The summed E-state index contributed by atoms with van der Waals surface area (Å²) in [6.07, 6.45) is 4.05. The molecule has 2 aliphatic rings. The zero-order valence-electron chi connectivity index (χ0n) is 20.0.